The molecule has 6 aromatic carbocycles. The van der Waals surface area contributed by atoms with E-state index in [4.69, 9.17) is 9.47 Å². The molecule has 0 spiro atoms. The molecule has 12 nitrogen and oxygen atoms in total. The van der Waals surface area contributed by atoms with E-state index >= 15 is 0 Å². The molecule has 0 saturated carbocycles. The van der Waals surface area contributed by atoms with Crippen molar-refractivity contribution in [3.8, 4) is 11.5 Å². The normalized spacial score (nSPS) is 18.2. The topological polar surface area (TPSA) is 124 Å². The number of piperidine rings is 2. The fourth-order valence-electron chi connectivity index (χ4n) is 10.5. The maximum atomic E-state index is 13.4. The third-order valence-corrected chi connectivity index (χ3v) is 14.5. The number of fused-ring (bicyclic) bond motifs is 2. The average Bonchev–Trinajstić information content (AvgIpc) is 4.06. The zero-order valence-electron chi connectivity index (χ0n) is 42.2. The van der Waals surface area contributed by atoms with Gasteiger partial charge in [-0.05, 0) is 144 Å². The Morgan fingerprint density at radius 2 is 1.00 bits per heavy atom. The van der Waals surface area contributed by atoms with Gasteiger partial charge in [0.05, 0.1) is 19.8 Å². The maximum Gasteiger partial charge on any atom is 0.257 e. The van der Waals surface area contributed by atoms with Gasteiger partial charge >= 0.3 is 0 Å². The van der Waals surface area contributed by atoms with Crippen LogP contribution < -0.4 is 20.1 Å². The molecule has 0 bridgehead atoms. The van der Waals surface area contributed by atoms with Crippen LogP contribution in [0.15, 0.2) is 145 Å². The van der Waals surface area contributed by atoms with Gasteiger partial charge in [0.2, 0.25) is 11.8 Å². The molecule has 4 saturated heterocycles. The standard InChI is InChI=1S/2C30H32FN3O3/c1-37-28-8-5-23(6-9-28)30(36)34-14-10-21(11-15-34)17-29(35)32-27-12-13-33(20-27)19-22-2-3-25-18-26(31)7-4-24(25)16-22;1-37-28-5-3-2-4-27(28)30(36)34-14-10-21(11-15-34)17-29(35)32-26-12-13-33(20-26)19-22-6-7-24-18-25(31)9-8-23(24)16-22/h2-9,16-18,27H,10-15,19-20H2,1H3,(H,32,35);2-9,16-18,26H,10-15,19-20H2,1H3,(H,32,35). The SMILES string of the molecule is COc1ccc(C(=O)N2CCC(=CC(=O)NC3CCN(Cc4ccc5cc(F)ccc5c4)C3)CC2)cc1.COc1ccccc1C(=O)N1CCC(=CC(=O)NC2CCN(Cc3ccc4cc(F)ccc4c3)C2)CC1. The van der Waals surface area contributed by atoms with Crippen molar-refractivity contribution in [2.24, 2.45) is 0 Å². The van der Waals surface area contributed by atoms with Crippen molar-refractivity contribution >= 4 is 45.2 Å². The van der Waals surface area contributed by atoms with Gasteiger partial charge in [-0.25, -0.2) is 8.78 Å². The van der Waals surface area contributed by atoms with Crippen LogP contribution in [0.2, 0.25) is 0 Å². The van der Waals surface area contributed by atoms with Gasteiger partial charge in [0.25, 0.3) is 11.8 Å². The number of methoxy groups -OCH3 is 2. The Morgan fingerprint density at radius 1 is 0.541 bits per heavy atom. The number of carbonyl (C=O) groups excluding carboxylic acids is 4. The Labute approximate surface area is 431 Å². The van der Waals surface area contributed by atoms with Crippen molar-refractivity contribution in [2.75, 3.05) is 66.6 Å². The predicted molar refractivity (Wildman–Crippen MR) is 284 cm³/mol. The third-order valence-electron chi connectivity index (χ3n) is 14.5. The molecule has 6 aromatic rings. The Kier molecular flexibility index (Phi) is 16.8. The van der Waals surface area contributed by atoms with Crippen LogP contribution >= 0.6 is 0 Å². The molecule has 4 amide bonds. The van der Waals surface area contributed by atoms with E-state index in [-0.39, 0.29) is 47.3 Å². The number of carbonyl (C=O) groups is 4. The highest BCUT2D eigenvalue weighted by molar-refractivity contribution is 5.97. The number of hydrogen-bond acceptors (Lipinski definition) is 8. The number of likely N-dealkylation sites (tertiary alicyclic amines) is 4. The number of nitrogens with one attached hydrogen (secondary N) is 2. The lowest BCUT2D eigenvalue weighted by Crippen LogP contribution is -2.38. The molecule has 14 heteroatoms. The first-order chi connectivity index (χ1) is 35.9. The molecule has 0 radical (unpaired) electrons. The maximum absolute atomic E-state index is 13.4. The Morgan fingerprint density at radius 3 is 1.49 bits per heavy atom. The minimum absolute atomic E-state index is 0.00998. The second kappa shape index (κ2) is 24.1. The highest BCUT2D eigenvalue weighted by atomic mass is 19.1. The fraction of sp³-hybridized carbons (Fsp3) is 0.333. The Balaban J connectivity index is 0.000000182. The summed E-state index contributed by atoms with van der Waals surface area (Å²) in [4.78, 5) is 59.4. The molecule has 384 valence electrons. The van der Waals surface area contributed by atoms with Gasteiger partial charge in [0, 0.05) is 95.2 Å². The van der Waals surface area contributed by atoms with Gasteiger partial charge in [0.15, 0.2) is 0 Å². The minimum Gasteiger partial charge on any atom is -0.497 e. The monoisotopic (exact) mass is 1000 g/mol. The average molecular weight is 1000 g/mol. The Hall–Kier alpha value is -7.42. The van der Waals surface area contributed by atoms with Crippen molar-refractivity contribution < 1.29 is 37.4 Å². The van der Waals surface area contributed by atoms with Crippen molar-refractivity contribution in [1.29, 1.82) is 0 Å². The summed E-state index contributed by atoms with van der Waals surface area (Å²) in [5, 5.41) is 10.2. The van der Waals surface area contributed by atoms with Crippen LogP contribution in [-0.4, -0.2) is 122 Å². The summed E-state index contributed by atoms with van der Waals surface area (Å²) in [6.45, 7) is 7.46. The molecular formula is C60H64F2N6O6. The predicted octanol–water partition coefficient (Wildman–Crippen LogP) is 9.08. The lowest BCUT2D eigenvalue weighted by molar-refractivity contribution is -0.118. The number of halogens is 2. The number of benzene rings is 6. The van der Waals surface area contributed by atoms with Gasteiger partial charge in [-0.3, -0.25) is 29.0 Å². The fourth-order valence-corrected chi connectivity index (χ4v) is 10.5. The minimum atomic E-state index is -0.222. The van der Waals surface area contributed by atoms with E-state index in [1.54, 1.807) is 74.9 Å². The van der Waals surface area contributed by atoms with Crippen molar-refractivity contribution in [3.05, 3.63) is 179 Å². The molecular weight excluding hydrogens is 939 g/mol. The highest BCUT2D eigenvalue weighted by Crippen LogP contribution is 2.26. The number of hydrogen-bond donors (Lipinski definition) is 2. The summed E-state index contributed by atoms with van der Waals surface area (Å²) >= 11 is 0. The molecule has 2 unspecified atom stereocenters. The lowest BCUT2D eigenvalue weighted by Gasteiger charge is -2.29. The van der Waals surface area contributed by atoms with Crippen LogP contribution in [0.4, 0.5) is 8.78 Å². The Bertz CT molecular complexity index is 3050. The van der Waals surface area contributed by atoms with Crippen LogP contribution in [-0.2, 0) is 22.7 Å². The summed E-state index contributed by atoms with van der Waals surface area (Å²) in [7, 11) is 3.17. The van der Waals surface area contributed by atoms with E-state index in [0.717, 1.165) is 90.6 Å². The first-order valence-corrected chi connectivity index (χ1v) is 25.6. The molecule has 4 aliphatic heterocycles. The molecule has 74 heavy (non-hydrogen) atoms. The number of nitrogens with zero attached hydrogens (tertiary/aromatic N) is 4. The second-order valence-corrected chi connectivity index (χ2v) is 19.7. The molecule has 4 aliphatic rings. The largest absolute Gasteiger partial charge is 0.497 e. The van der Waals surface area contributed by atoms with E-state index in [0.29, 0.717) is 68.7 Å². The molecule has 4 heterocycles. The smallest absolute Gasteiger partial charge is 0.257 e. The summed E-state index contributed by atoms with van der Waals surface area (Å²) in [5.74, 6) is 0.726. The number of rotatable bonds is 12. The van der Waals surface area contributed by atoms with E-state index < -0.39 is 0 Å². The molecule has 2 N–H and O–H groups in total. The van der Waals surface area contributed by atoms with Gasteiger partial charge < -0.3 is 29.9 Å². The van der Waals surface area contributed by atoms with Crippen molar-refractivity contribution in [3.63, 3.8) is 0 Å². The summed E-state index contributed by atoms with van der Waals surface area (Å²) < 4.78 is 37.3. The van der Waals surface area contributed by atoms with Crippen LogP contribution in [0, 0.1) is 11.6 Å². The van der Waals surface area contributed by atoms with Crippen LogP contribution in [0.3, 0.4) is 0 Å². The zero-order chi connectivity index (χ0) is 51.6. The summed E-state index contributed by atoms with van der Waals surface area (Å²) in [6.07, 6.45) is 8.06. The van der Waals surface area contributed by atoms with Gasteiger partial charge in [-0.15, -0.1) is 0 Å². The van der Waals surface area contributed by atoms with Gasteiger partial charge in [-0.2, -0.15) is 0 Å². The molecule has 0 aliphatic carbocycles. The third kappa shape index (κ3) is 13.4. The van der Waals surface area contributed by atoms with Crippen LogP contribution in [0.1, 0.15) is 70.4 Å². The highest BCUT2D eigenvalue weighted by Gasteiger charge is 2.27. The molecule has 2 atom stereocenters. The second-order valence-electron chi connectivity index (χ2n) is 19.7. The quantitative estimate of drug-likeness (QED) is 0.117. The first-order valence-electron chi connectivity index (χ1n) is 25.6. The van der Waals surface area contributed by atoms with Crippen LogP contribution in [0.25, 0.3) is 21.5 Å². The zero-order valence-corrected chi connectivity index (χ0v) is 42.2. The molecule has 4 fully saturated rings. The molecule has 10 rings (SSSR count). The van der Waals surface area contributed by atoms with Gasteiger partial charge in [-0.1, -0.05) is 59.7 Å². The number of para-hydroxylation sites is 1. The van der Waals surface area contributed by atoms with Crippen molar-refractivity contribution in [1.82, 2.24) is 30.2 Å². The number of amides is 4. The number of ether oxygens (including phenoxy) is 2. The van der Waals surface area contributed by atoms with E-state index in [1.807, 2.05) is 58.3 Å². The summed E-state index contributed by atoms with van der Waals surface area (Å²) in [5.41, 5.74) is 5.74. The van der Waals surface area contributed by atoms with Gasteiger partial charge in [0.1, 0.15) is 23.1 Å². The van der Waals surface area contributed by atoms with E-state index in [9.17, 15) is 28.0 Å². The van der Waals surface area contributed by atoms with Crippen molar-refractivity contribution in [2.45, 2.75) is 63.7 Å². The van der Waals surface area contributed by atoms with E-state index in [2.05, 4.69) is 32.6 Å². The van der Waals surface area contributed by atoms with Crippen LogP contribution in [0.5, 0.6) is 11.5 Å². The summed E-state index contributed by atoms with van der Waals surface area (Å²) in [6, 6.07) is 36.6. The van der Waals surface area contributed by atoms with E-state index in [1.165, 1.54) is 23.3 Å². The lowest BCUT2D eigenvalue weighted by atomic mass is 10.0. The first kappa shape index (κ1) is 51.5. The molecule has 0 aromatic heterocycles.